The molecule has 4 aromatic rings. The van der Waals surface area contributed by atoms with Crippen molar-refractivity contribution in [3.8, 4) is 11.5 Å². The van der Waals surface area contributed by atoms with Crippen molar-refractivity contribution in [3.63, 3.8) is 0 Å². The van der Waals surface area contributed by atoms with Crippen LogP contribution in [0.4, 0.5) is 10.5 Å². The van der Waals surface area contributed by atoms with Crippen LogP contribution in [0.25, 0.3) is 0 Å². The molecule has 1 amide bonds. The molecular formula is C37H44N2O5. The van der Waals surface area contributed by atoms with Gasteiger partial charge in [-0.15, -0.1) is 0 Å². The molecule has 7 heteroatoms. The van der Waals surface area contributed by atoms with Crippen LogP contribution in [0.3, 0.4) is 0 Å². The molecular weight excluding hydrogens is 552 g/mol. The van der Waals surface area contributed by atoms with E-state index in [1.165, 1.54) is 0 Å². The van der Waals surface area contributed by atoms with E-state index in [9.17, 15) is 9.90 Å². The number of carbonyl (C=O) groups is 1. The number of hydrogen-bond acceptors (Lipinski definition) is 6. The van der Waals surface area contributed by atoms with Gasteiger partial charge in [-0.3, -0.25) is 0 Å². The minimum Gasteiger partial charge on any atom is -0.493 e. The molecule has 44 heavy (non-hydrogen) atoms. The maximum Gasteiger partial charge on any atom is 0.407 e. The first kappa shape index (κ1) is 32.4. The summed E-state index contributed by atoms with van der Waals surface area (Å²) in [6.07, 6.45) is -1.41. The maximum atomic E-state index is 12.2. The van der Waals surface area contributed by atoms with Crippen LogP contribution in [0.1, 0.15) is 68.5 Å². The number of rotatable bonds is 13. The molecule has 0 aliphatic rings. The summed E-state index contributed by atoms with van der Waals surface area (Å²) in [6.45, 7) is 11.6. The van der Waals surface area contributed by atoms with Crippen LogP contribution in [0.15, 0.2) is 97.1 Å². The predicted molar refractivity (Wildman–Crippen MR) is 175 cm³/mol. The zero-order valence-electron chi connectivity index (χ0n) is 26.3. The van der Waals surface area contributed by atoms with E-state index >= 15 is 0 Å². The van der Waals surface area contributed by atoms with Crippen molar-refractivity contribution in [2.24, 2.45) is 5.92 Å². The van der Waals surface area contributed by atoms with Crippen LogP contribution in [-0.2, 0) is 24.4 Å². The molecule has 0 saturated heterocycles. The second-order valence-corrected chi connectivity index (χ2v) is 12.2. The number of anilines is 1. The molecule has 1 unspecified atom stereocenters. The number of ether oxygens (including phenoxy) is 3. The fourth-order valence-corrected chi connectivity index (χ4v) is 4.46. The summed E-state index contributed by atoms with van der Waals surface area (Å²) in [5.41, 5.74) is 4.68. The second kappa shape index (κ2) is 15.3. The lowest BCUT2D eigenvalue weighted by Gasteiger charge is -2.21. The van der Waals surface area contributed by atoms with Crippen LogP contribution in [0.5, 0.6) is 11.5 Å². The third kappa shape index (κ3) is 10.3. The van der Waals surface area contributed by atoms with Gasteiger partial charge in [0.05, 0.1) is 6.61 Å². The Morgan fingerprint density at radius 1 is 0.773 bits per heavy atom. The lowest BCUT2D eigenvalue weighted by atomic mass is 9.97. The second-order valence-electron chi connectivity index (χ2n) is 12.2. The third-order valence-corrected chi connectivity index (χ3v) is 6.66. The molecule has 7 nitrogen and oxygen atoms in total. The summed E-state index contributed by atoms with van der Waals surface area (Å²) >= 11 is 0. The molecule has 4 aromatic carbocycles. The standard InChI is InChI=1S/C37H44N2O5/c1-26(2)24-42-32-18-19-34(38-22-27-14-16-31(17-15-27)43-25-28-10-7-6-8-11-28)33(21-32)35(40)30-13-9-12-29(20-30)23-39-36(41)44-37(3,4)5/h6-21,26,35,38,40H,22-25H2,1-5H3,(H,39,41). The van der Waals surface area contributed by atoms with Gasteiger partial charge in [-0.25, -0.2) is 4.79 Å². The van der Waals surface area contributed by atoms with Gasteiger partial charge in [0.1, 0.15) is 29.8 Å². The van der Waals surface area contributed by atoms with E-state index in [1.54, 1.807) is 0 Å². The molecule has 0 spiro atoms. The summed E-state index contributed by atoms with van der Waals surface area (Å²) in [7, 11) is 0. The summed E-state index contributed by atoms with van der Waals surface area (Å²) in [5, 5.41) is 17.9. The highest BCUT2D eigenvalue weighted by Gasteiger charge is 2.18. The van der Waals surface area contributed by atoms with Gasteiger partial charge in [-0.1, -0.05) is 80.6 Å². The molecule has 0 heterocycles. The van der Waals surface area contributed by atoms with Gasteiger partial charge >= 0.3 is 6.09 Å². The smallest absolute Gasteiger partial charge is 0.407 e. The molecule has 0 aliphatic carbocycles. The summed E-state index contributed by atoms with van der Waals surface area (Å²) in [4.78, 5) is 12.2. The fraction of sp³-hybridized carbons (Fsp3) is 0.324. The average molecular weight is 597 g/mol. The van der Waals surface area contributed by atoms with Crippen LogP contribution < -0.4 is 20.1 Å². The van der Waals surface area contributed by atoms with Crippen LogP contribution in [0, 0.1) is 5.92 Å². The number of alkyl carbamates (subject to hydrolysis) is 1. The molecule has 0 bridgehead atoms. The van der Waals surface area contributed by atoms with Gasteiger partial charge in [0.15, 0.2) is 0 Å². The van der Waals surface area contributed by atoms with E-state index < -0.39 is 17.8 Å². The quantitative estimate of drug-likeness (QED) is 0.145. The highest BCUT2D eigenvalue weighted by atomic mass is 16.6. The number of carbonyl (C=O) groups excluding carboxylic acids is 1. The van der Waals surface area contributed by atoms with Crippen molar-refractivity contribution in [3.05, 3.63) is 125 Å². The van der Waals surface area contributed by atoms with Crippen molar-refractivity contribution < 1.29 is 24.1 Å². The molecule has 0 aliphatic heterocycles. The van der Waals surface area contributed by atoms with Crippen molar-refractivity contribution in [2.75, 3.05) is 11.9 Å². The zero-order valence-corrected chi connectivity index (χ0v) is 26.3. The minimum atomic E-state index is -0.921. The van der Waals surface area contributed by atoms with E-state index in [0.717, 1.165) is 28.1 Å². The Bertz CT molecular complexity index is 1480. The molecule has 0 saturated carbocycles. The average Bonchev–Trinajstić information content (AvgIpc) is 3.01. The monoisotopic (exact) mass is 596 g/mol. The topological polar surface area (TPSA) is 89.0 Å². The van der Waals surface area contributed by atoms with Gasteiger partial charge in [-0.05, 0) is 79.3 Å². The Morgan fingerprint density at radius 2 is 1.48 bits per heavy atom. The summed E-state index contributed by atoms with van der Waals surface area (Å²) < 4.78 is 17.3. The van der Waals surface area contributed by atoms with E-state index in [2.05, 4.69) is 24.5 Å². The largest absolute Gasteiger partial charge is 0.493 e. The molecule has 1 atom stereocenters. The highest BCUT2D eigenvalue weighted by molar-refractivity contribution is 5.67. The first-order valence-electron chi connectivity index (χ1n) is 15.1. The molecule has 0 fully saturated rings. The zero-order chi connectivity index (χ0) is 31.5. The Balaban J connectivity index is 1.46. The Morgan fingerprint density at radius 3 is 2.18 bits per heavy atom. The number of hydrogen-bond donors (Lipinski definition) is 3. The van der Waals surface area contributed by atoms with Crippen molar-refractivity contribution >= 4 is 11.8 Å². The first-order valence-corrected chi connectivity index (χ1v) is 15.1. The molecule has 0 aromatic heterocycles. The van der Waals surface area contributed by atoms with E-state index in [-0.39, 0.29) is 6.54 Å². The Labute approximate surface area is 261 Å². The lowest BCUT2D eigenvalue weighted by Crippen LogP contribution is -2.32. The van der Waals surface area contributed by atoms with E-state index in [4.69, 9.17) is 14.2 Å². The van der Waals surface area contributed by atoms with Crippen LogP contribution in [-0.4, -0.2) is 23.4 Å². The van der Waals surface area contributed by atoms with Crippen LogP contribution in [0.2, 0.25) is 0 Å². The number of aliphatic hydroxyl groups excluding tert-OH is 1. The normalized spacial score (nSPS) is 12.0. The van der Waals surface area contributed by atoms with Crippen molar-refractivity contribution in [2.45, 2.75) is 66.0 Å². The Kier molecular flexibility index (Phi) is 11.3. The maximum absolute atomic E-state index is 12.2. The fourth-order valence-electron chi connectivity index (χ4n) is 4.46. The third-order valence-electron chi connectivity index (χ3n) is 6.66. The number of aliphatic hydroxyl groups is 1. The summed E-state index contributed by atoms with van der Waals surface area (Å²) in [6, 6.07) is 31.4. The highest BCUT2D eigenvalue weighted by Crippen LogP contribution is 2.33. The number of nitrogens with one attached hydrogen (secondary N) is 2. The minimum absolute atomic E-state index is 0.281. The van der Waals surface area contributed by atoms with Gasteiger partial charge in [0, 0.05) is 24.3 Å². The van der Waals surface area contributed by atoms with Gasteiger partial charge in [0.2, 0.25) is 0 Å². The van der Waals surface area contributed by atoms with Gasteiger partial charge in [-0.2, -0.15) is 0 Å². The van der Waals surface area contributed by atoms with Crippen LogP contribution >= 0.6 is 0 Å². The Hall–Kier alpha value is -4.49. The SMILES string of the molecule is CC(C)COc1ccc(NCc2ccc(OCc3ccccc3)cc2)c(C(O)c2cccc(CNC(=O)OC(C)(C)C)c2)c1. The van der Waals surface area contributed by atoms with Gasteiger partial charge in [0.25, 0.3) is 0 Å². The molecule has 3 N–H and O–H groups in total. The van der Waals surface area contributed by atoms with Crippen molar-refractivity contribution in [1.82, 2.24) is 5.32 Å². The van der Waals surface area contributed by atoms with Crippen molar-refractivity contribution in [1.29, 1.82) is 0 Å². The van der Waals surface area contributed by atoms with Gasteiger partial charge < -0.3 is 30.0 Å². The molecule has 0 radical (unpaired) electrons. The molecule has 232 valence electrons. The summed E-state index contributed by atoms with van der Waals surface area (Å²) in [5.74, 6) is 1.87. The molecule has 4 rings (SSSR count). The predicted octanol–water partition coefficient (Wildman–Crippen LogP) is 8.02. The first-order chi connectivity index (χ1) is 21.1. The number of amides is 1. The lowest BCUT2D eigenvalue weighted by molar-refractivity contribution is 0.0523. The van der Waals surface area contributed by atoms with E-state index in [1.807, 2.05) is 118 Å². The number of benzene rings is 4. The van der Waals surface area contributed by atoms with E-state index in [0.29, 0.717) is 42.6 Å².